The van der Waals surface area contributed by atoms with Crippen molar-refractivity contribution in [3.05, 3.63) is 57.5 Å². The molecule has 0 aliphatic rings. The van der Waals surface area contributed by atoms with Gasteiger partial charge in [0.15, 0.2) is 0 Å². The van der Waals surface area contributed by atoms with Crippen LogP contribution in [0.5, 0.6) is 11.5 Å². The quantitative estimate of drug-likeness (QED) is 0.616. The predicted octanol–water partition coefficient (Wildman–Crippen LogP) is 5.79. The Bertz CT molecular complexity index is 511. The second-order valence-electron chi connectivity index (χ2n) is 3.41. The fourth-order valence-electron chi connectivity index (χ4n) is 1.39. The van der Waals surface area contributed by atoms with Crippen LogP contribution in [-0.2, 0) is 5.33 Å². The molecule has 0 unspecified atom stereocenters. The van der Waals surface area contributed by atoms with Crippen molar-refractivity contribution in [2.75, 3.05) is 0 Å². The van der Waals surface area contributed by atoms with Crippen molar-refractivity contribution in [3.63, 3.8) is 0 Å². The molecule has 0 amide bonds. The van der Waals surface area contributed by atoms with Crippen LogP contribution in [0.25, 0.3) is 0 Å². The highest BCUT2D eigenvalue weighted by Crippen LogP contribution is 2.32. The Labute approximate surface area is 122 Å². The lowest BCUT2D eigenvalue weighted by atomic mass is 10.2. The lowest BCUT2D eigenvalue weighted by Crippen LogP contribution is -1.90. The van der Waals surface area contributed by atoms with E-state index in [1.165, 1.54) is 0 Å². The smallest absolute Gasteiger partial charge is 0.132 e. The molecule has 2 rings (SSSR count). The van der Waals surface area contributed by atoms with E-state index in [1.54, 1.807) is 0 Å². The molecule has 2 aromatic rings. The molecule has 0 spiro atoms. The fraction of sp³-hybridized carbons (Fsp3) is 0.0769. The van der Waals surface area contributed by atoms with E-state index in [1.807, 2.05) is 42.5 Å². The first-order valence-corrected chi connectivity index (χ1v) is 7.26. The van der Waals surface area contributed by atoms with Gasteiger partial charge in [-0.15, -0.1) is 0 Å². The highest BCUT2D eigenvalue weighted by Gasteiger charge is 2.07. The summed E-state index contributed by atoms with van der Waals surface area (Å²) in [5.74, 6) is 1.56. The summed E-state index contributed by atoms with van der Waals surface area (Å²) in [7, 11) is 0. The molecule has 0 aliphatic heterocycles. The van der Waals surface area contributed by atoms with Crippen LogP contribution < -0.4 is 4.74 Å². The Morgan fingerprint density at radius 3 is 2.41 bits per heavy atom. The lowest BCUT2D eigenvalue weighted by Gasteiger charge is -2.10. The Kier molecular flexibility index (Phi) is 4.48. The molecule has 0 bridgehead atoms. The molecule has 4 heteroatoms. The second-order valence-corrected chi connectivity index (χ2v) is 5.29. The Morgan fingerprint density at radius 2 is 1.76 bits per heavy atom. The van der Waals surface area contributed by atoms with E-state index in [0.717, 1.165) is 21.5 Å². The van der Waals surface area contributed by atoms with Crippen molar-refractivity contribution in [3.8, 4) is 11.5 Å². The summed E-state index contributed by atoms with van der Waals surface area (Å²) in [5.41, 5.74) is 0.956. The monoisotopic (exact) mass is 374 g/mol. The maximum absolute atomic E-state index is 6.10. The van der Waals surface area contributed by atoms with Crippen LogP contribution in [0.4, 0.5) is 0 Å². The standard InChI is InChI=1S/C13H9Br2ClO/c14-8-11-12(16)2-1-3-13(11)17-10-6-4-9(15)5-7-10/h1-7H,8H2. The molecule has 2 aromatic carbocycles. The number of halogens is 3. The average molecular weight is 376 g/mol. The first-order chi connectivity index (χ1) is 8.20. The Morgan fingerprint density at radius 1 is 1.06 bits per heavy atom. The van der Waals surface area contributed by atoms with E-state index >= 15 is 0 Å². The summed E-state index contributed by atoms with van der Waals surface area (Å²) < 4.78 is 6.83. The molecular weight excluding hydrogens is 367 g/mol. The fourth-order valence-corrected chi connectivity index (χ4v) is 2.63. The van der Waals surface area contributed by atoms with Crippen LogP contribution >= 0.6 is 43.5 Å². The third-order valence-corrected chi connectivity index (χ3v) is 3.69. The normalized spacial score (nSPS) is 10.3. The van der Waals surface area contributed by atoms with Gasteiger partial charge in [0, 0.05) is 20.4 Å². The molecule has 0 heterocycles. The number of ether oxygens (including phenoxy) is 1. The number of alkyl halides is 1. The highest BCUT2D eigenvalue weighted by molar-refractivity contribution is 9.10. The molecule has 0 saturated carbocycles. The van der Waals surface area contributed by atoms with E-state index in [0.29, 0.717) is 10.4 Å². The number of benzene rings is 2. The minimum Gasteiger partial charge on any atom is -0.457 e. The van der Waals surface area contributed by atoms with E-state index in [2.05, 4.69) is 31.9 Å². The van der Waals surface area contributed by atoms with Crippen molar-refractivity contribution in [2.45, 2.75) is 5.33 Å². The summed E-state index contributed by atoms with van der Waals surface area (Å²) in [6.45, 7) is 0. The van der Waals surface area contributed by atoms with E-state index in [9.17, 15) is 0 Å². The molecule has 0 atom stereocenters. The zero-order valence-electron chi connectivity index (χ0n) is 8.79. The number of hydrogen-bond acceptors (Lipinski definition) is 1. The molecule has 17 heavy (non-hydrogen) atoms. The minimum atomic E-state index is 0.665. The summed E-state index contributed by atoms with van der Waals surface area (Å²) in [4.78, 5) is 0. The van der Waals surface area contributed by atoms with Crippen molar-refractivity contribution in [1.82, 2.24) is 0 Å². The van der Waals surface area contributed by atoms with Crippen molar-refractivity contribution < 1.29 is 4.74 Å². The van der Waals surface area contributed by atoms with Crippen molar-refractivity contribution in [2.24, 2.45) is 0 Å². The number of hydrogen-bond donors (Lipinski definition) is 0. The maximum Gasteiger partial charge on any atom is 0.132 e. The summed E-state index contributed by atoms with van der Waals surface area (Å²) >= 11 is 12.9. The zero-order chi connectivity index (χ0) is 12.3. The SMILES string of the molecule is Clc1cccc(Oc2ccc(Br)cc2)c1CBr. The van der Waals surface area contributed by atoms with Gasteiger partial charge >= 0.3 is 0 Å². The van der Waals surface area contributed by atoms with Crippen LogP contribution in [0.1, 0.15) is 5.56 Å². The van der Waals surface area contributed by atoms with E-state index < -0.39 is 0 Å². The lowest BCUT2D eigenvalue weighted by molar-refractivity contribution is 0.478. The third-order valence-electron chi connectivity index (χ3n) is 2.25. The van der Waals surface area contributed by atoms with Gasteiger partial charge in [0.2, 0.25) is 0 Å². The minimum absolute atomic E-state index is 0.665. The molecule has 88 valence electrons. The summed E-state index contributed by atoms with van der Waals surface area (Å²) in [6, 6.07) is 13.3. The van der Waals surface area contributed by atoms with Crippen molar-refractivity contribution in [1.29, 1.82) is 0 Å². The molecule has 0 aliphatic carbocycles. The predicted molar refractivity (Wildman–Crippen MR) is 78.3 cm³/mol. The van der Waals surface area contributed by atoms with Crippen LogP contribution in [0, 0.1) is 0 Å². The Balaban J connectivity index is 2.29. The van der Waals surface area contributed by atoms with Crippen LogP contribution in [-0.4, -0.2) is 0 Å². The highest BCUT2D eigenvalue weighted by atomic mass is 79.9. The largest absolute Gasteiger partial charge is 0.457 e. The first-order valence-electron chi connectivity index (χ1n) is 4.97. The van der Waals surface area contributed by atoms with Gasteiger partial charge in [0.25, 0.3) is 0 Å². The molecular formula is C13H9Br2ClO. The van der Waals surface area contributed by atoms with Crippen LogP contribution in [0.3, 0.4) is 0 Å². The maximum atomic E-state index is 6.10. The summed E-state index contributed by atoms with van der Waals surface area (Å²) in [6.07, 6.45) is 0. The molecule has 0 saturated heterocycles. The molecule has 1 nitrogen and oxygen atoms in total. The molecule has 0 N–H and O–H groups in total. The Hall–Kier alpha value is -0.510. The van der Waals surface area contributed by atoms with E-state index in [4.69, 9.17) is 16.3 Å². The van der Waals surface area contributed by atoms with Crippen LogP contribution in [0.2, 0.25) is 5.02 Å². The molecule has 0 aromatic heterocycles. The average Bonchev–Trinajstić information content (AvgIpc) is 2.32. The van der Waals surface area contributed by atoms with Gasteiger partial charge < -0.3 is 4.74 Å². The van der Waals surface area contributed by atoms with Gasteiger partial charge in [-0.05, 0) is 36.4 Å². The zero-order valence-corrected chi connectivity index (χ0v) is 12.7. The molecule has 0 radical (unpaired) electrons. The second kappa shape index (κ2) is 5.89. The van der Waals surface area contributed by atoms with Gasteiger partial charge in [0.05, 0.1) is 0 Å². The van der Waals surface area contributed by atoms with Gasteiger partial charge in [0.1, 0.15) is 11.5 Å². The van der Waals surface area contributed by atoms with E-state index in [-0.39, 0.29) is 0 Å². The topological polar surface area (TPSA) is 9.23 Å². The number of rotatable bonds is 3. The van der Waals surface area contributed by atoms with Gasteiger partial charge in [-0.25, -0.2) is 0 Å². The third kappa shape index (κ3) is 3.24. The first kappa shape index (κ1) is 12.9. The van der Waals surface area contributed by atoms with Crippen LogP contribution in [0.15, 0.2) is 46.9 Å². The van der Waals surface area contributed by atoms with Crippen molar-refractivity contribution >= 4 is 43.5 Å². The molecule has 0 fully saturated rings. The van der Waals surface area contributed by atoms with Gasteiger partial charge in [-0.3, -0.25) is 0 Å². The van der Waals surface area contributed by atoms with Gasteiger partial charge in [-0.1, -0.05) is 49.5 Å². The summed E-state index contributed by atoms with van der Waals surface area (Å²) in [5, 5.41) is 1.37. The van der Waals surface area contributed by atoms with Gasteiger partial charge in [-0.2, -0.15) is 0 Å².